The Bertz CT molecular complexity index is 2910. The standard InChI is InChI=1S/C49H45BFN3O/c1-9-30-15-14-28(3)42(24-30)53-40-12-11-13-41-44(40)50(36-19-17-32-22-23-55-48(32)47(36)53)37-27-35-34-26-33(49(5,6)7)18-21-39(34)52(8)45(35)29(4)46(37)54(41)43-25-31(10-2)16-20-38(43)51/h11-27H,9-10H2,1-8H3. The Morgan fingerprint density at radius 2 is 1.40 bits per heavy atom. The van der Waals surface area contributed by atoms with Gasteiger partial charge in [-0.3, -0.25) is 0 Å². The number of benzene rings is 6. The molecule has 0 amide bonds. The van der Waals surface area contributed by atoms with Crippen LogP contribution in [-0.2, 0) is 25.3 Å². The van der Waals surface area contributed by atoms with Gasteiger partial charge >= 0.3 is 0 Å². The lowest BCUT2D eigenvalue weighted by molar-refractivity contribution is 0.591. The summed E-state index contributed by atoms with van der Waals surface area (Å²) in [5.41, 5.74) is 18.6. The van der Waals surface area contributed by atoms with Gasteiger partial charge in [0.25, 0.3) is 6.71 Å². The lowest BCUT2D eigenvalue weighted by Gasteiger charge is -2.45. The van der Waals surface area contributed by atoms with Gasteiger partial charge in [-0.25, -0.2) is 4.39 Å². The molecule has 8 aromatic rings. The molecule has 0 radical (unpaired) electrons. The summed E-state index contributed by atoms with van der Waals surface area (Å²) in [6, 6.07) is 34.9. The predicted molar refractivity (Wildman–Crippen MR) is 231 cm³/mol. The van der Waals surface area contributed by atoms with Crippen LogP contribution in [0.3, 0.4) is 0 Å². The maximum absolute atomic E-state index is 16.6. The molecule has 4 nitrogen and oxygen atoms in total. The van der Waals surface area contributed by atoms with Gasteiger partial charge in [0.2, 0.25) is 0 Å². The van der Waals surface area contributed by atoms with Crippen LogP contribution in [-0.4, -0.2) is 11.3 Å². The molecule has 272 valence electrons. The van der Waals surface area contributed by atoms with Crippen molar-refractivity contribution in [2.75, 3.05) is 9.80 Å². The van der Waals surface area contributed by atoms with E-state index in [1.54, 1.807) is 12.3 Å². The molecule has 0 spiro atoms. The first-order valence-corrected chi connectivity index (χ1v) is 19.7. The number of fused-ring (bicyclic) bond motifs is 9. The van der Waals surface area contributed by atoms with E-state index in [2.05, 4.69) is 155 Å². The Balaban J connectivity index is 1.38. The van der Waals surface area contributed by atoms with Gasteiger partial charge < -0.3 is 18.8 Å². The van der Waals surface area contributed by atoms with Crippen molar-refractivity contribution in [3.05, 3.63) is 137 Å². The molecule has 0 saturated heterocycles. The van der Waals surface area contributed by atoms with E-state index < -0.39 is 0 Å². The number of aryl methyl sites for hydroxylation is 5. The minimum atomic E-state index is -0.234. The molecule has 0 aliphatic carbocycles. The van der Waals surface area contributed by atoms with Crippen molar-refractivity contribution in [1.29, 1.82) is 0 Å². The third kappa shape index (κ3) is 4.70. The quantitative estimate of drug-likeness (QED) is 0.169. The summed E-state index contributed by atoms with van der Waals surface area (Å²) < 4.78 is 25.4. The number of rotatable bonds is 4. The molecule has 4 heterocycles. The van der Waals surface area contributed by atoms with Crippen LogP contribution in [0.15, 0.2) is 108 Å². The summed E-state index contributed by atoms with van der Waals surface area (Å²) >= 11 is 0. The number of aromatic nitrogens is 1. The summed E-state index contributed by atoms with van der Waals surface area (Å²) in [4.78, 5) is 4.65. The van der Waals surface area contributed by atoms with Gasteiger partial charge in [-0.05, 0) is 125 Å². The van der Waals surface area contributed by atoms with Crippen molar-refractivity contribution in [2.24, 2.45) is 7.05 Å². The van der Waals surface area contributed by atoms with Gasteiger partial charge in [-0.1, -0.05) is 83.1 Å². The zero-order valence-electron chi connectivity index (χ0n) is 32.9. The Hall–Kier alpha value is -5.75. The van der Waals surface area contributed by atoms with Crippen LogP contribution in [0.2, 0.25) is 0 Å². The lowest BCUT2D eigenvalue weighted by Crippen LogP contribution is -2.61. The molecule has 2 aliphatic rings. The van der Waals surface area contributed by atoms with Crippen molar-refractivity contribution < 1.29 is 8.81 Å². The predicted octanol–water partition coefficient (Wildman–Crippen LogP) is 11.3. The second kappa shape index (κ2) is 11.9. The van der Waals surface area contributed by atoms with Crippen molar-refractivity contribution in [3.63, 3.8) is 0 Å². The number of hydrogen-bond acceptors (Lipinski definition) is 3. The number of nitrogens with zero attached hydrogens (tertiary/aromatic N) is 3. The second-order valence-corrected chi connectivity index (χ2v) is 16.6. The molecular formula is C49H45BFN3O. The summed E-state index contributed by atoms with van der Waals surface area (Å²) in [5.74, 6) is -0.234. The average Bonchev–Trinajstić information content (AvgIpc) is 3.78. The average molecular weight is 722 g/mol. The van der Waals surface area contributed by atoms with Crippen molar-refractivity contribution in [2.45, 2.75) is 66.7 Å². The van der Waals surface area contributed by atoms with E-state index in [4.69, 9.17) is 4.42 Å². The highest BCUT2D eigenvalue weighted by molar-refractivity contribution is 7.00. The lowest BCUT2D eigenvalue weighted by atomic mass is 9.33. The SMILES string of the molecule is CCc1ccc(C)c(N2c3cccc4c3B(c3cc5c6cc(C(C)(C)C)ccc6n(C)c5c(C)c3N4c3cc(CC)ccc3F)c3ccc4ccoc4c32)c1. The van der Waals surface area contributed by atoms with Gasteiger partial charge in [-0.15, -0.1) is 0 Å². The topological polar surface area (TPSA) is 24.6 Å². The molecule has 55 heavy (non-hydrogen) atoms. The number of anilines is 6. The monoisotopic (exact) mass is 721 g/mol. The van der Waals surface area contributed by atoms with E-state index in [9.17, 15) is 0 Å². The molecule has 2 aliphatic heterocycles. The van der Waals surface area contributed by atoms with Gasteiger partial charge in [-0.2, -0.15) is 0 Å². The van der Waals surface area contributed by atoms with E-state index in [0.29, 0.717) is 5.69 Å². The minimum Gasteiger partial charge on any atom is -0.462 e. The second-order valence-electron chi connectivity index (χ2n) is 16.6. The van der Waals surface area contributed by atoms with Crippen molar-refractivity contribution >= 4 is 90.0 Å². The van der Waals surface area contributed by atoms with E-state index in [0.717, 1.165) is 63.4 Å². The van der Waals surface area contributed by atoms with E-state index in [1.165, 1.54) is 54.9 Å². The Morgan fingerprint density at radius 1 is 0.691 bits per heavy atom. The fourth-order valence-corrected chi connectivity index (χ4v) is 9.62. The maximum atomic E-state index is 16.6. The van der Waals surface area contributed by atoms with E-state index in [-0.39, 0.29) is 17.9 Å². The summed E-state index contributed by atoms with van der Waals surface area (Å²) in [7, 11) is 2.17. The minimum absolute atomic E-state index is 0.000534. The fraction of sp³-hybridized carbons (Fsp3) is 0.224. The Morgan fingerprint density at radius 3 is 2.13 bits per heavy atom. The van der Waals surface area contributed by atoms with Crippen LogP contribution in [0.4, 0.5) is 38.5 Å². The summed E-state index contributed by atoms with van der Waals surface area (Å²) in [5, 5.41) is 3.53. The van der Waals surface area contributed by atoms with Crippen LogP contribution in [0.5, 0.6) is 0 Å². The van der Waals surface area contributed by atoms with Crippen molar-refractivity contribution in [3.8, 4) is 0 Å². The summed E-state index contributed by atoms with van der Waals surface area (Å²) in [6.07, 6.45) is 3.55. The van der Waals surface area contributed by atoms with Crippen LogP contribution >= 0.6 is 0 Å². The molecule has 0 bridgehead atoms. The van der Waals surface area contributed by atoms with E-state index in [1.807, 2.05) is 6.07 Å². The molecule has 0 fully saturated rings. The Kier molecular flexibility index (Phi) is 7.30. The van der Waals surface area contributed by atoms with Crippen LogP contribution < -0.4 is 26.2 Å². The molecule has 10 rings (SSSR count). The number of hydrogen-bond donors (Lipinski definition) is 0. The molecule has 0 saturated carbocycles. The largest absolute Gasteiger partial charge is 0.462 e. The smallest absolute Gasteiger partial charge is 0.252 e. The van der Waals surface area contributed by atoms with Crippen LogP contribution in [0.25, 0.3) is 32.8 Å². The molecule has 6 heteroatoms. The molecule has 2 aromatic heterocycles. The molecule has 0 atom stereocenters. The fourth-order valence-electron chi connectivity index (χ4n) is 9.62. The molecule has 0 unspecified atom stereocenters. The highest BCUT2D eigenvalue weighted by Gasteiger charge is 2.46. The number of halogens is 1. The maximum Gasteiger partial charge on any atom is 0.252 e. The normalized spacial score (nSPS) is 13.6. The summed E-state index contributed by atoms with van der Waals surface area (Å²) in [6.45, 7) is 15.5. The first-order chi connectivity index (χ1) is 26.5. The van der Waals surface area contributed by atoms with Crippen molar-refractivity contribution in [1.82, 2.24) is 4.57 Å². The first kappa shape index (κ1) is 33.8. The first-order valence-electron chi connectivity index (χ1n) is 19.7. The number of furan rings is 1. The zero-order chi connectivity index (χ0) is 38.1. The Labute approximate surface area is 322 Å². The zero-order valence-corrected chi connectivity index (χ0v) is 32.9. The third-order valence-electron chi connectivity index (χ3n) is 12.5. The van der Waals surface area contributed by atoms with Crippen LogP contribution in [0.1, 0.15) is 62.4 Å². The highest BCUT2D eigenvalue weighted by atomic mass is 19.1. The molecule has 0 N–H and O–H groups in total. The van der Waals surface area contributed by atoms with Crippen LogP contribution in [0, 0.1) is 19.7 Å². The molecule has 6 aromatic carbocycles. The molecular weight excluding hydrogens is 676 g/mol. The van der Waals surface area contributed by atoms with Gasteiger partial charge in [0.05, 0.1) is 23.2 Å². The third-order valence-corrected chi connectivity index (χ3v) is 12.5. The van der Waals surface area contributed by atoms with Gasteiger partial charge in [0, 0.05) is 51.5 Å². The van der Waals surface area contributed by atoms with Gasteiger partial charge in [0.1, 0.15) is 5.82 Å². The highest BCUT2D eigenvalue weighted by Crippen LogP contribution is 2.49. The van der Waals surface area contributed by atoms with Gasteiger partial charge in [0.15, 0.2) is 5.58 Å². The van der Waals surface area contributed by atoms with E-state index >= 15 is 4.39 Å².